The number of nitrogens with two attached hydrogens (primary N) is 1. The van der Waals surface area contributed by atoms with Crippen LogP contribution in [0.5, 0.6) is 0 Å². The van der Waals surface area contributed by atoms with E-state index in [1.807, 2.05) is 20.8 Å². The molecule has 0 aliphatic carbocycles. The SMILES string of the molecule is Cc1ccc(S(=O)(=O)N[C@H](CCCC(N)C(C)C)C(=O)O)cc1. The molecule has 2 atom stereocenters. The van der Waals surface area contributed by atoms with Gasteiger partial charge in [0.05, 0.1) is 4.90 Å². The first-order valence-electron chi connectivity index (χ1n) is 7.71. The largest absolute Gasteiger partial charge is 0.480 e. The minimum absolute atomic E-state index is 0.0156. The first-order valence-corrected chi connectivity index (χ1v) is 9.19. The predicted octanol–water partition coefficient (Wildman–Crippen LogP) is 1.88. The molecule has 1 unspecified atom stereocenters. The van der Waals surface area contributed by atoms with Gasteiger partial charge in [-0.25, -0.2) is 8.42 Å². The van der Waals surface area contributed by atoms with Gasteiger partial charge in [-0.2, -0.15) is 4.72 Å². The molecule has 0 radical (unpaired) electrons. The van der Waals surface area contributed by atoms with Crippen molar-refractivity contribution in [1.82, 2.24) is 4.72 Å². The second-order valence-electron chi connectivity index (χ2n) is 6.16. The van der Waals surface area contributed by atoms with Crippen LogP contribution in [0.15, 0.2) is 29.2 Å². The van der Waals surface area contributed by atoms with E-state index in [2.05, 4.69) is 4.72 Å². The summed E-state index contributed by atoms with van der Waals surface area (Å²) in [5.74, 6) is -0.874. The van der Waals surface area contributed by atoms with Gasteiger partial charge in [0.1, 0.15) is 6.04 Å². The molecule has 23 heavy (non-hydrogen) atoms. The monoisotopic (exact) mass is 342 g/mol. The van der Waals surface area contributed by atoms with Gasteiger partial charge >= 0.3 is 5.97 Å². The smallest absolute Gasteiger partial charge is 0.321 e. The van der Waals surface area contributed by atoms with Gasteiger partial charge in [-0.15, -0.1) is 0 Å². The van der Waals surface area contributed by atoms with Crippen molar-refractivity contribution in [1.29, 1.82) is 0 Å². The molecule has 1 aromatic carbocycles. The Kier molecular flexibility index (Phi) is 7.18. The minimum Gasteiger partial charge on any atom is -0.480 e. The van der Waals surface area contributed by atoms with Crippen molar-refractivity contribution >= 4 is 16.0 Å². The molecule has 130 valence electrons. The predicted molar refractivity (Wildman–Crippen MR) is 89.6 cm³/mol. The average molecular weight is 342 g/mol. The number of carboxylic acids is 1. The number of carboxylic acid groups (broad SMARTS) is 1. The fourth-order valence-electron chi connectivity index (χ4n) is 2.10. The molecule has 1 aromatic rings. The number of hydrogen-bond donors (Lipinski definition) is 3. The molecule has 0 amide bonds. The standard InChI is InChI=1S/C16H26N2O4S/c1-11(2)14(17)5-4-6-15(16(19)20)18-23(21,22)13-9-7-12(3)8-10-13/h7-11,14-15,18H,4-6,17H2,1-3H3,(H,19,20)/t14?,15-/m1/s1. The summed E-state index contributed by atoms with van der Waals surface area (Å²) >= 11 is 0. The molecule has 0 fully saturated rings. The number of hydrogen-bond acceptors (Lipinski definition) is 4. The Morgan fingerprint density at radius 3 is 2.26 bits per heavy atom. The van der Waals surface area contributed by atoms with E-state index in [4.69, 9.17) is 5.73 Å². The quantitative estimate of drug-likeness (QED) is 0.635. The number of aryl methyl sites for hydroxylation is 1. The van der Waals surface area contributed by atoms with E-state index in [0.717, 1.165) is 5.56 Å². The Bertz CT molecular complexity index is 611. The third-order valence-electron chi connectivity index (χ3n) is 3.81. The summed E-state index contributed by atoms with van der Waals surface area (Å²) in [6, 6.07) is 5.10. The zero-order valence-corrected chi connectivity index (χ0v) is 14.6. The maximum absolute atomic E-state index is 12.3. The Morgan fingerprint density at radius 2 is 1.78 bits per heavy atom. The van der Waals surface area contributed by atoms with Crippen molar-refractivity contribution < 1.29 is 18.3 Å². The van der Waals surface area contributed by atoms with Gasteiger partial charge in [0.2, 0.25) is 10.0 Å². The zero-order valence-electron chi connectivity index (χ0n) is 13.8. The highest BCUT2D eigenvalue weighted by atomic mass is 32.2. The highest BCUT2D eigenvalue weighted by Gasteiger charge is 2.25. The lowest BCUT2D eigenvalue weighted by Gasteiger charge is -2.18. The van der Waals surface area contributed by atoms with Gasteiger partial charge in [0, 0.05) is 6.04 Å². The summed E-state index contributed by atoms with van der Waals surface area (Å²) in [5.41, 5.74) is 6.86. The average Bonchev–Trinajstić information content (AvgIpc) is 2.46. The van der Waals surface area contributed by atoms with Crippen molar-refractivity contribution in [3.63, 3.8) is 0 Å². The van der Waals surface area contributed by atoms with E-state index in [1.54, 1.807) is 12.1 Å². The molecule has 0 aliphatic heterocycles. The zero-order chi connectivity index (χ0) is 17.6. The number of rotatable bonds is 9. The highest BCUT2D eigenvalue weighted by Crippen LogP contribution is 2.14. The summed E-state index contributed by atoms with van der Waals surface area (Å²) in [5, 5.41) is 9.24. The van der Waals surface area contributed by atoms with Crippen LogP contribution in [0.4, 0.5) is 0 Å². The number of carbonyl (C=O) groups is 1. The number of benzene rings is 1. The summed E-state index contributed by atoms with van der Waals surface area (Å²) in [6.07, 6.45) is 1.42. The van der Waals surface area contributed by atoms with E-state index in [1.165, 1.54) is 12.1 Å². The van der Waals surface area contributed by atoms with E-state index < -0.39 is 22.0 Å². The lowest BCUT2D eigenvalue weighted by Crippen LogP contribution is -2.41. The second kappa shape index (κ2) is 8.42. The molecule has 0 spiro atoms. The highest BCUT2D eigenvalue weighted by molar-refractivity contribution is 7.89. The molecule has 4 N–H and O–H groups in total. The first-order chi connectivity index (χ1) is 10.6. The molecule has 0 saturated heterocycles. The maximum Gasteiger partial charge on any atom is 0.321 e. The second-order valence-corrected chi connectivity index (χ2v) is 7.88. The molecule has 0 saturated carbocycles. The summed E-state index contributed by atoms with van der Waals surface area (Å²) in [6.45, 7) is 5.85. The van der Waals surface area contributed by atoms with Gasteiger partial charge < -0.3 is 10.8 Å². The molecule has 0 aromatic heterocycles. The van der Waals surface area contributed by atoms with Gasteiger partial charge in [0.25, 0.3) is 0 Å². The third-order valence-corrected chi connectivity index (χ3v) is 5.30. The Morgan fingerprint density at radius 1 is 1.22 bits per heavy atom. The lowest BCUT2D eigenvalue weighted by atomic mass is 9.98. The minimum atomic E-state index is -3.85. The van der Waals surface area contributed by atoms with Crippen LogP contribution in [0.2, 0.25) is 0 Å². The van der Waals surface area contributed by atoms with Crippen molar-refractivity contribution in [2.75, 3.05) is 0 Å². The van der Waals surface area contributed by atoms with Crippen LogP contribution in [0, 0.1) is 12.8 Å². The van der Waals surface area contributed by atoms with Gasteiger partial charge in [0.15, 0.2) is 0 Å². The molecular weight excluding hydrogens is 316 g/mol. The molecular formula is C16H26N2O4S. The topological polar surface area (TPSA) is 109 Å². The fourth-order valence-corrected chi connectivity index (χ4v) is 3.32. The molecule has 1 rings (SSSR count). The Hall–Kier alpha value is -1.44. The molecule has 6 nitrogen and oxygen atoms in total. The van der Waals surface area contributed by atoms with Crippen LogP contribution >= 0.6 is 0 Å². The van der Waals surface area contributed by atoms with Crippen molar-refractivity contribution in [2.24, 2.45) is 11.7 Å². The van der Waals surface area contributed by atoms with Crippen LogP contribution in [-0.2, 0) is 14.8 Å². The van der Waals surface area contributed by atoms with Gasteiger partial charge in [-0.3, -0.25) is 4.79 Å². The number of aliphatic carboxylic acids is 1. The van der Waals surface area contributed by atoms with Crippen LogP contribution in [0.3, 0.4) is 0 Å². The normalized spacial score (nSPS) is 14.7. The molecule has 0 aliphatic rings. The van der Waals surface area contributed by atoms with Crippen molar-refractivity contribution in [3.05, 3.63) is 29.8 Å². The fraction of sp³-hybridized carbons (Fsp3) is 0.562. The number of sulfonamides is 1. The van der Waals surface area contributed by atoms with Crippen molar-refractivity contribution in [3.8, 4) is 0 Å². The van der Waals surface area contributed by atoms with E-state index >= 15 is 0 Å². The molecule has 0 bridgehead atoms. The van der Waals surface area contributed by atoms with Crippen LogP contribution in [-0.4, -0.2) is 31.6 Å². The Labute approximate surface area is 138 Å². The summed E-state index contributed by atoms with van der Waals surface area (Å²) in [7, 11) is -3.85. The van der Waals surface area contributed by atoms with E-state index in [-0.39, 0.29) is 17.4 Å². The summed E-state index contributed by atoms with van der Waals surface area (Å²) in [4.78, 5) is 11.4. The van der Waals surface area contributed by atoms with E-state index in [9.17, 15) is 18.3 Å². The third kappa shape index (κ3) is 6.29. The van der Waals surface area contributed by atoms with Crippen LogP contribution in [0.1, 0.15) is 38.7 Å². The van der Waals surface area contributed by atoms with Crippen LogP contribution < -0.4 is 10.5 Å². The van der Waals surface area contributed by atoms with Gasteiger partial charge in [-0.05, 0) is 44.2 Å². The van der Waals surface area contributed by atoms with E-state index in [0.29, 0.717) is 18.8 Å². The maximum atomic E-state index is 12.3. The molecule has 0 heterocycles. The van der Waals surface area contributed by atoms with Crippen LogP contribution in [0.25, 0.3) is 0 Å². The van der Waals surface area contributed by atoms with Crippen molar-refractivity contribution in [2.45, 2.75) is 57.0 Å². The number of nitrogens with one attached hydrogen (secondary N) is 1. The lowest BCUT2D eigenvalue weighted by molar-refractivity contribution is -0.139. The summed E-state index contributed by atoms with van der Waals surface area (Å²) < 4.78 is 26.8. The molecule has 7 heteroatoms. The van der Waals surface area contributed by atoms with Gasteiger partial charge in [-0.1, -0.05) is 31.5 Å². The first kappa shape index (κ1) is 19.6. The Balaban J connectivity index is 2.71.